The van der Waals surface area contributed by atoms with Crippen LogP contribution >= 0.6 is 0 Å². The van der Waals surface area contributed by atoms with E-state index in [1.54, 1.807) is 13.8 Å². The molecular weight excluding hydrogens is 314 g/mol. The summed E-state index contributed by atoms with van der Waals surface area (Å²) in [6.45, 7) is 4.61. The van der Waals surface area contributed by atoms with E-state index >= 15 is 0 Å². The van der Waals surface area contributed by atoms with Crippen molar-refractivity contribution < 1.29 is 24.2 Å². The van der Waals surface area contributed by atoms with Crippen LogP contribution < -0.4 is 11.1 Å². The molecular formula is C16H29N3O5. The molecule has 1 aliphatic heterocycles. The SMILES string of the molecule is CCOC(=O)C(CCCCN)N[C@@H](C)C(=O)N1CCC[C@H]1C(=O)O. The number of carboxylic acids is 1. The Bertz CT molecular complexity index is 443. The van der Waals surface area contributed by atoms with Crippen LogP contribution in [0.5, 0.6) is 0 Å². The van der Waals surface area contributed by atoms with E-state index in [0.29, 0.717) is 32.4 Å². The number of unbranched alkanes of at least 4 members (excludes halogenated alkanes) is 1. The molecule has 1 rings (SSSR count). The van der Waals surface area contributed by atoms with Crippen LogP contribution in [0.2, 0.25) is 0 Å². The van der Waals surface area contributed by atoms with Crippen molar-refractivity contribution in [1.29, 1.82) is 0 Å². The number of carbonyl (C=O) groups is 3. The maximum Gasteiger partial charge on any atom is 0.326 e. The Morgan fingerprint density at radius 3 is 2.67 bits per heavy atom. The Balaban J connectivity index is 2.67. The number of carbonyl (C=O) groups excluding carboxylic acids is 2. The molecule has 1 saturated heterocycles. The lowest BCUT2D eigenvalue weighted by molar-refractivity contribution is -0.150. The molecule has 0 bridgehead atoms. The van der Waals surface area contributed by atoms with Gasteiger partial charge in [-0.15, -0.1) is 0 Å². The molecule has 0 spiro atoms. The monoisotopic (exact) mass is 343 g/mol. The molecule has 1 fully saturated rings. The van der Waals surface area contributed by atoms with Crippen LogP contribution in [-0.2, 0) is 19.1 Å². The molecule has 1 unspecified atom stereocenters. The van der Waals surface area contributed by atoms with Gasteiger partial charge in [0.2, 0.25) is 5.91 Å². The number of nitrogens with zero attached hydrogens (tertiary/aromatic N) is 1. The minimum Gasteiger partial charge on any atom is -0.480 e. The van der Waals surface area contributed by atoms with Crippen LogP contribution in [0, 0.1) is 0 Å². The molecule has 0 saturated carbocycles. The lowest BCUT2D eigenvalue weighted by atomic mass is 10.1. The lowest BCUT2D eigenvalue weighted by Gasteiger charge is -2.27. The second-order valence-electron chi connectivity index (χ2n) is 6.01. The molecule has 1 amide bonds. The van der Waals surface area contributed by atoms with Crippen LogP contribution in [0.15, 0.2) is 0 Å². The average Bonchev–Trinajstić information content (AvgIpc) is 3.03. The molecule has 0 aromatic heterocycles. The van der Waals surface area contributed by atoms with Crippen LogP contribution in [0.3, 0.4) is 0 Å². The van der Waals surface area contributed by atoms with E-state index in [1.807, 2.05) is 0 Å². The highest BCUT2D eigenvalue weighted by Gasteiger charge is 2.36. The lowest BCUT2D eigenvalue weighted by Crippen LogP contribution is -2.53. The number of amides is 1. The molecule has 1 aliphatic rings. The number of ether oxygens (including phenoxy) is 1. The highest BCUT2D eigenvalue weighted by molar-refractivity contribution is 5.88. The van der Waals surface area contributed by atoms with Gasteiger partial charge in [0.25, 0.3) is 0 Å². The summed E-state index contributed by atoms with van der Waals surface area (Å²) < 4.78 is 5.05. The van der Waals surface area contributed by atoms with E-state index in [-0.39, 0.29) is 12.5 Å². The maximum absolute atomic E-state index is 12.5. The van der Waals surface area contributed by atoms with Gasteiger partial charge < -0.3 is 20.5 Å². The molecule has 0 radical (unpaired) electrons. The van der Waals surface area contributed by atoms with Gasteiger partial charge in [-0.2, -0.15) is 0 Å². The number of aliphatic carboxylic acids is 1. The molecule has 24 heavy (non-hydrogen) atoms. The van der Waals surface area contributed by atoms with E-state index < -0.39 is 30.1 Å². The van der Waals surface area contributed by atoms with Crippen LogP contribution in [-0.4, -0.2) is 65.7 Å². The third kappa shape index (κ3) is 5.76. The van der Waals surface area contributed by atoms with Gasteiger partial charge >= 0.3 is 11.9 Å². The molecule has 1 heterocycles. The Morgan fingerprint density at radius 2 is 2.08 bits per heavy atom. The van der Waals surface area contributed by atoms with Crippen molar-refractivity contribution in [3.63, 3.8) is 0 Å². The van der Waals surface area contributed by atoms with Gasteiger partial charge in [0, 0.05) is 6.54 Å². The van der Waals surface area contributed by atoms with Crippen molar-refractivity contribution in [3.8, 4) is 0 Å². The fraction of sp³-hybridized carbons (Fsp3) is 0.812. The summed E-state index contributed by atoms with van der Waals surface area (Å²) in [5.41, 5.74) is 5.47. The van der Waals surface area contributed by atoms with Crippen LogP contribution in [0.4, 0.5) is 0 Å². The first-order valence-corrected chi connectivity index (χ1v) is 8.58. The smallest absolute Gasteiger partial charge is 0.326 e. The number of carboxylic acid groups (broad SMARTS) is 1. The standard InChI is InChI=1S/C16H29N3O5/c1-3-24-16(23)12(7-4-5-9-17)18-11(2)14(20)19-10-6-8-13(19)15(21)22/h11-13,18H,3-10,17H2,1-2H3,(H,21,22)/t11-,12?,13-/m0/s1. The number of hydrogen-bond acceptors (Lipinski definition) is 6. The minimum absolute atomic E-state index is 0.267. The third-order valence-electron chi connectivity index (χ3n) is 4.16. The van der Waals surface area contributed by atoms with E-state index in [4.69, 9.17) is 10.5 Å². The highest BCUT2D eigenvalue weighted by atomic mass is 16.5. The van der Waals surface area contributed by atoms with Crippen LogP contribution in [0.1, 0.15) is 46.0 Å². The number of nitrogens with two attached hydrogens (primary N) is 1. The van der Waals surface area contributed by atoms with Gasteiger partial charge in [-0.05, 0) is 46.1 Å². The van der Waals surface area contributed by atoms with Crippen LogP contribution in [0.25, 0.3) is 0 Å². The zero-order valence-corrected chi connectivity index (χ0v) is 14.5. The Hall–Kier alpha value is -1.67. The van der Waals surface area contributed by atoms with Crippen molar-refractivity contribution in [3.05, 3.63) is 0 Å². The number of hydrogen-bond donors (Lipinski definition) is 3. The molecule has 4 N–H and O–H groups in total. The fourth-order valence-electron chi connectivity index (χ4n) is 2.91. The first-order chi connectivity index (χ1) is 11.4. The van der Waals surface area contributed by atoms with Crippen molar-refractivity contribution in [2.24, 2.45) is 5.73 Å². The van der Waals surface area contributed by atoms with E-state index in [0.717, 1.165) is 12.8 Å². The molecule has 0 aromatic rings. The van der Waals surface area contributed by atoms with Gasteiger partial charge in [-0.3, -0.25) is 14.9 Å². The topological polar surface area (TPSA) is 122 Å². The zero-order valence-electron chi connectivity index (χ0n) is 14.5. The summed E-state index contributed by atoms with van der Waals surface area (Å²) in [4.78, 5) is 37.2. The van der Waals surface area contributed by atoms with Gasteiger partial charge in [-0.25, -0.2) is 4.79 Å². The summed E-state index contributed by atoms with van der Waals surface area (Å²) in [6.07, 6.45) is 3.19. The predicted molar refractivity (Wildman–Crippen MR) is 88.3 cm³/mol. The second-order valence-corrected chi connectivity index (χ2v) is 6.01. The van der Waals surface area contributed by atoms with Crippen molar-refractivity contribution in [2.45, 2.75) is 64.1 Å². The predicted octanol–water partition coefficient (Wildman–Crippen LogP) is 0.101. The Labute approximate surface area is 142 Å². The molecule has 0 aliphatic carbocycles. The Kier molecular flexibility index (Phi) is 8.70. The van der Waals surface area contributed by atoms with E-state index in [2.05, 4.69) is 5.32 Å². The normalized spacial score (nSPS) is 19.8. The van der Waals surface area contributed by atoms with Crippen molar-refractivity contribution >= 4 is 17.8 Å². The first-order valence-electron chi connectivity index (χ1n) is 8.58. The number of likely N-dealkylation sites (tertiary alicyclic amines) is 1. The zero-order chi connectivity index (χ0) is 18.1. The van der Waals surface area contributed by atoms with E-state index in [9.17, 15) is 19.5 Å². The van der Waals surface area contributed by atoms with Gasteiger partial charge in [-0.1, -0.05) is 6.42 Å². The highest BCUT2D eigenvalue weighted by Crippen LogP contribution is 2.18. The maximum atomic E-state index is 12.5. The average molecular weight is 343 g/mol. The summed E-state index contributed by atoms with van der Waals surface area (Å²) in [7, 11) is 0. The van der Waals surface area contributed by atoms with E-state index in [1.165, 1.54) is 4.90 Å². The molecule has 3 atom stereocenters. The number of rotatable bonds is 10. The van der Waals surface area contributed by atoms with Crippen molar-refractivity contribution in [1.82, 2.24) is 10.2 Å². The largest absolute Gasteiger partial charge is 0.480 e. The first kappa shape index (κ1) is 20.4. The second kappa shape index (κ2) is 10.2. The number of esters is 1. The quantitative estimate of drug-likeness (QED) is 0.380. The molecule has 8 heteroatoms. The summed E-state index contributed by atoms with van der Waals surface area (Å²) >= 11 is 0. The van der Waals surface area contributed by atoms with Gasteiger partial charge in [0.05, 0.1) is 12.6 Å². The summed E-state index contributed by atoms with van der Waals surface area (Å²) in [5.74, 6) is -1.68. The number of nitrogens with one attached hydrogen (secondary N) is 1. The van der Waals surface area contributed by atoms with Gasteiger partial charge in [0.15, 0.2) is 0 Å². The van der Waals surface area contributed by atoms with Gasteiger partial charge in [0.1, 0.15) is 12.1 Å². The molecule has 8 nitrogen and oxygen atoms in total. The van der Waals surface area contributed by atoms with Crippen molar-refractivity contribution in [2.75, 3.05) is 19.7 Å². The third-order valence-corrected chi connectivity index (χ3v) is 4.16. The Morgan fingerprint density at radius 1 is 1.38 bits per heavy atom. The fourth-order valence-corrected chi connectivity index (χ4v) is 2.91. The molecule has 0 aromatic carbocycles. The summed E-state index contributed by atoms with van der Waals surface area (Å²) in [6, 6.07) is -2.03. The molecule has 138 valence electrons. The minimum atomic E-state index is -0.988. The summed E-state index contributed by atoms with van der Waals surface area (Å²) in [5, 5.41) is 12.2.